The lowest BCUT2D eigenvalue weighted by atomic mass is 9.98. The zero-order chi connectivity index (χ0) is 11.7. The first kappa shape index (κ1) is 11.4. The molecule has 0 aliphatic rings. The van der Waals surface area contributed by atoms with Crippen LogP contribution in [0.1, 0.15) is 28.6 Å². The Morgan fingerprint density at radius 3 is 2.62 bits per heavy atom. The van der Waals surface area contributed by atoms with Crippen molar-refractivity contribution in [2.75, 3.05) is 0 Å². The molecular formula is C13H13BrO2. The lowest BCUT2D eigenvalue weighted by Crippen LogP contribution is -2.02. The predicted molar refractivity (Wildman–Crippen MR) is 66.4 cm³/mol. The van der Waals surface area contributed by atoms with E-state index < -0.39 is 6.10 Å². The lowest BCUT2D eigenvalue weighted by Gasteiger charge is -2.13. The van der Waals surface area contributed by atoms with Gasteiger partial charge >= 0.3 is 0 Å². The Kier molecular flexibility index (Phi) is 3.17. The van der Waals surface area contributed by atoms with Gasteiger partial charge in [-0.25, -0.2) is 0 Å². The number of furan rings is 1. The fourth-order valence-corrected chi connectivity index (χ4v) is 2.13. The van der Waals surface area contributed by atoms with Crippen molar-refractivity contribution >= 4 is 15.9 Å². The number of aryl methyl sites for hydroxylation is 1. The van der Waals surface area contributed by atoms with Crippen molar-refractivity contribution in [1.82, 2.24) is 0 Å². The van der Waals surface area contributed by atoms with Crippen molar-refractivity contribution in [2.24, 2.45) is 0 Å². The smallest absolute Gasteiger partial charge is 0.150 e. The molecular weight excluding hydrogens is 268 g/mol. The van der Waals surface area contributed by atoms with E-state index in [9.17, 15) is 5.11 Å². The van der Waals surface area contributed by atoms with E-state index in [-0.39, 0.29) is 0 Å². The van der Waals surface area contributed by atoms with Gasteiger partial charge < -0.3 is 9.52 Å². The maximum absolute atomic E-state index is 10.2. The van der Waals surface area contributed by atoms with Crippen LogP contribution in [-0.4, -0.2) is 5.11 Å². The van der Waals surface area contributed by atoms with E-state index in [2.05, 4.69) is 15.9 Å². The van der Waals surface area contributed by atoms with E-state index in [1.165, 1.54) is 5.56 Å². The third kappa shape index (κ3) is 1.93. The van der Waals surface area contributed by atoms with E-state index in [1.54, 1.807) is 12.3 Å². The summed E-state index contributed by atoms with van der Waals surface area (Å²) in [6, 6.07) is 7.67. The Hall–Kier alpha value is -1.06. The van der Waals surface area contributed by atoms with Crippen LogP contribution in [0.15, 0.2) is 39.4 Å². The Bertz CT molecular complexity index is 502. The van der Waals surface area contributed by atoms with Gasteiger partial charge in [-0.3, -0.25) is 0 Å². The SMILES string of the molecule is Cc1cccc(C(O)c2occc2Br)c1C. The molecule has 84 valence electrons. The minimum absolute atomic E-state index is 0.550. The molecule has 1 atom stereocenters. The Labute approximate surface area is 103 Å². The first-order chi connectivity index (χ1) is 7.61. The summed E-state index contributed by atoms with van der Waals surface area (Å²) in [6.07, 6.45) is 0.845. The first-order valence-corrected chi connectivity index (χ1v) is 5.87. The van der Waals surface area contributed by atoms with Crippen LogP contribution in [0.4, 0.5) is 0 Å². The van der Waals surface area contributed by atoms with Gasteiger partial charge in [0.25, 0.3) is 0 Å². The lowest BCUT2D eigenvalue weighted by molar-refractivity contribution is 0.187. The van der Waals surface area contributed by atoms with Crippen LogP contribution in [-0.2, 0) is 0 Å². The highest BCUT2D eigenvalue weighted by Gasteiger charge is 2.19. The molecule has 2 nitrogen and oxygen atoms in total. The predicted octanol–water partition coefficient (Wildman–Crippen LogP) is 3.74. The highest BCUT2D eigenvalue weighted by atomic mass is 79.9. The van der Waals surface area contributed by atoms with Crippen LogP contribution in [0.2, 0.25) is 0 Å². The van der Waals surface area contributed by atoms with Crippen LogP contribution in [0.5, 0.6) is 0 Å². The minimum atomic E-state index is -0.718. The summed E-state index contributed by atoms with van der Waals surface area (Å²) in [4.78, 5) is 0. The molecule has 0 amide bonds. The number of halogens is 1. The number of hydrogen-bond donors (Lipinski definition) is 1. The third-order valence-electron chi connectivity index (χ3n) is 2.83. The molecule has 0 saturated heterocycles. The van der Waals surface area contributed by atoms with E-state index in [1.807, 2.05) is 32.0 Å². The Morgan fingerprint density at radius 2 is 2.00 bits per heavy atom. The van der Waals surface area contributed by atoms with Crippen molar-refractivity contribution in [3.8, 4) is 0 Å². The summed E-state index contributed by atoms with van der Waals surface area (Å²) in [7, 11) is 0. The zero-order valence-electron chi connectivity index (χ0n) is 9.20. The second kappa shape index (κ2) is 4.44. The number of benzene rings is 1. The maximum Gasteiger partial charge on any atom is 0.150 e. The molecule has 1 heterocycles. The molecule has 1 aromatic carbocycles. The van der Waals surface area contributed by atoms with Crippen LogP contribution in [0, 0.1) is 13.8 Å². The van der Waals surface area contributed by atoms with Gasteiger partial charge in [0.05, 0.1) is 10.7 Å². The molecule has 0 radical (unpaired) electrons. The van der Waals surface area contributed by atoms with Gasteiger partial charge in [0.2, 0.25) is 0 Å². The number of aliphatic hydroxyl groups excluding tert-OH is 1. The Balaban J connectivity index is 2.46. The van der Waals surface area contributed by atoms with Gasteiger partial charge in [-0.05, 0) is 52.5 Å². The second-order valence-electron chi connectivity index (χ2n) is 3.82. The minimum Gasteiger partial charge on any atom is -0.465 e. The van der Waals surface area contributed by atoms with Gasteiger partial charge in [-0.15, -0.1) is 0 Å². The third-order valence-corrected chi connectivity index (χ3v) is 3.49. The monoisotopic (exact) mass is 280 g/mol. The van der Waals surface area contributed by atoms with Crippen molar-refractivity contribution in [3.05, 3.63) is 57.5 Å². The Morgan fingerprint density at radius 1 is 1.25 bits per heavy atom. The van der Waals surface area contributed by atoms with Gasteiger partial charge in [0.1, 0.15) is 6.10 Å². The summed E-state index contributed by atoms with van der Waals surface area (Å²) in [6.45, 7) is 4.04. The second-order valence-corrected chi connectivity index (χ2v) is 4.68. The van der Waals surface area contributed by atoms with Crippen molar-refractivity contribution in [3.63, 3.8) is 0 Å². The molecule has 3 heteroatoms. The van der Waals surface area contributed by atoms with Gasteiger partial charge in [0.15, 0.2) is 5.76 Å². The molecule has 1 N–H and O–H groups in total. The molecule has 0 aliphatic heterocycles. The highest BCUT2D eigenvalue weighted by Crippen LogP contribution is 2.31. The fourth-order valence-electron chi connectivity index (χ4n) is 1.71. The van der Waals surface area contributed by atoms with Gasteiger partial charge in [-0.1, -0.05) is 18.2 Å². The number of aliphatic hydroxyl groups is 1. The normalized spacial score (nSPS) is 12.8. The van der Waals surface area contributed by atoms with E-state index in [0.717, 1.165) is 15.6 Å². The van der Waals surface area contributed by atoms with Crippen molar-refractivity contribution in [1.29, 1.82) is 0 Å². The van der Waals surface area contributed by atoms with Crippen LogP contribution >= 0.6 is 15.9 Å². The molecule has 2 aromatic rings. The fraction of sp³-hybridized carbons (Fsp3) is 0.231. The average Bonchev–Trinajstić information content (AvgIpc) is 2.68. The number of rotatable bonds is 2. The maximum atomic E-state index is 10.2. The molecule has 1 aromatic heterocycles. The summed E-state index contributed by atoms with van der Waals surface area (Å²) in [5, 5.41) is 10.2. The zero-order valence-corrected chi connectivity index (χ0v) is 10.8. The molecule has 0 saturated carbocycles. The summed E-state index contributed by atoms with van der Waals surface area (Å²) in [5.41, 5.74) is 3.15. The average molecular weight is 281 g/mol. The van der Waals surface area contributed by atoms with E-state index in [0.29, 0.717) is 5.76 Å². The molecule has 0 fully saturated rings. The molecule has 0 bridgehead atoms. The standard InChI is InChI=1S/C13H13BrO2/c1-8-4-3-5-10(9(8)2)12(15)13-11(14)6-7-16-13/h3-7,12,15H,1-2H3. The summed E-state index contributed by atoms with van der Waals surface area (Å²) < 4.78 is 6.07. The quantitative estimate of drug-likeness (QED) is 0.909. The van der Waals surface area contributed by atoms with Crippen molar-refractivity contribution in [2.45, 2.75) is 20.0 Å². The molecule has 16 heavy (non-hydrogen) atoms. The molecule has 0 spiro atoms. The van der Waals surface area contributed by atoms with E-state index in [4.69, 9.17) is 4.42 Å². The highest BCUT2D eigenvalue weighted by molar-refractivity contribution is 9.10. The topological polar surface area (TPSA) is 33.4 Å². The summed E-state index contributed by atoms with van der Waals surface area (Å²) >= 11 is 3.35. The molecule has 1 unspecified atom stereocenters. The molecule has 2 rings (SSSR count). The summed E-state index contributed by atoms with van der Waals surface area (Å²) in [5.74, 6) is 0.550. The largest absolute Gasteiger partial charge is 0.465 e. The number of hydrogen-bond acceptors (Lipinski definition) is 2. The van der Waals surface area contributed by atoms with Crippen LogP contribution in [0.3, 0.4) is 0 Å². The molecule has 0 aliphatic carbocycles. The van der Waals surface area contributed by atoms with Crippen LogP contribution < -0.4 is 0 Å². The van der Waals surface area contributed by atoms with Gasteiger partial charge in [0, 0.05) is 0 Å². The van der Waals surface area contributed by atoms with Crippen LogP contribution in [0.25, 0.3) is 0 Å². The van der Waals surface area contributed by atoms with Gasteiger partial charge in [-0.2, -0.15) is 0 Å². The first-order valence-electron chi connectivity index (χ1n) is 5.08. The van der Waals surface area contributed by atoms with E-state index >= 15 is 0 Å². The van der Waals surface area contributed by atoms with Crippen molar-refractivity contribution < 1.29 is 9.52 Å².